The third-order valence-electron chi connectivity index (χ3n) is 4.04. The number of anilines is 1. The van der Waals surface area contributed by atoms with E-state index in [1.54, 1.807) is 12.3 Å². The first-order valence-electron chi connectivity index (χ1n) is 8.55. The number of hydrogen-bond donors (Lipinski definition) is 3. The van der Waals surface area contributed by atoms with Gasteiger partial charge >= 0.3 is 0 Å². The number of halogens is 2. The van der Waals surface area contributed by atoms with Crippen LogP contribution in [0.15, 0.2) is 48.7 Å². The molecule has 6 nitrogen and oxygen atoms in total. The lowest BCUT2D eigenvalue weighted by molar-refractivity contribution is 0.0996. The van der Waals surface area contributed by atoms with E-state index in [1.165, 1.54) is 0 Å². The Hall–Kier alpha value is -2.67. The van der Waals surface area contributed by atoms with E-state index >= 15 is 0 Å². The summed E-state index contributed by atoms with van der Waals surface area (Å²) in [6, 6.07) is 13.5. The van der Waals surface area contributed by atoms with Gasteiger partial charge in [-0.05, 0) is 34.9 Å². The molecular weight excluding hydrogens is 397 g/mol. The minimum absolute atomic E-state index is 0.00416. The number of carbonyl (C=O) groups is 1. The fraction of sp³-hybridized carbons (Fsp3) is 0.150. The zero-order chi connectivity index (χ0) is 20.1. The lowest BCUT2D eigenvalue weighted by atomic mass is 10.1. The van der Waals surface area contributed by atoms with Gasteiger partial charge in [-0.3, -0.25) is 4.79 Å². The van der Waals surface area contributed by atoms with Crippen molar-refractivity contribution >= 4 is 34.9 Å². The summed E-state index contributed by atoms with van der Waals surface area (Å²) < 4.78 is 0. The molecule has 0 aliphatic rings. The van der Waals surface area contributed by atoms with Crippen LogP contribution >= 0.6 is 23.2 Å². The number of nitrogens with one attached hydrogen (secondary N) is 1. The van der Waals surface area contributed by atoms with Crippen molar-refractivity contribution in [2.75, 3.05) is 5.73 Å². The van der Waals surface area contributed by atoms with Crippen LogP contribution in [0.5, 0.6) is 0 Å². The molecule has 0 atom stereocenters. The first kappa shape index (κ1) is 20.1. The molecule has 3 aromatic rings. The molecule has 28 heavy (non-hydrogen) atoms. The maximum atomic E-state index is 11.4. The standard InChI is InChI=1S/C20H19Cl2N5O/c21-15-5-14(6-16(22)8-15)10-25-9-13-3-1-2-12(4-13)7-17-11-26-19(23)18(27-17)20(24)28/h1-6,8,11,25H,7,9-10H2,(H2,23,26)(H2,24,28). The number of aromatic nitrogens is 2. The summed E-state index contributed by atoms with van der Waals surface area (Å²) in [5.74, 6) is -0.652. The van der Waals surface area contributed by atoms with Gasteiger partial charge in [-0.15, -0.1) is 0 Å². The van der Waals surface area contributed by atoms with Gasteiger partial charge in [0, 0.05) is 29.6 Å². The van der Waals surface area contributed by atoms with E-state index in [4.69, 9.17) is 34.7 Å². The predicted molar refractivity (Wildman–Crippen MR) is 111 cm³/mol. The first-order chi connectivity index (χ1) is 13.4. The van der Waals surface area contributed by atoms with Crippen molar-refractivity contribution in [3.63, 3.8) is 0 Å². The van der Waals surface area contributed by atoms with E-state index in [1.807, 2.05) is 30.3 Å². The fourth-order valence-corrected chi connectivity index (χ4v) is 3.40. The number of carbonyl (C=O) groups excluding carboxylic acids is 1. The van der Waals surface area contributed by atoms with Gasteiger partial charge in [0.15, 0.2) is 11.5 Å². The Morgan fingerprint density at radius 2 is 1.68 bits per heavy atom. The van der Waals surface area contributed by atoms with E-state index in [0.29, 0.717) is 35.2 Å². The Morgan fingerprint density at radius 1 is 1.00 bits per heavy atom. The van der Waals surface area contributed by atoms with Crippen LogP contribution in [0.25, 0.3) is 0 Å². The lowest BCUT2D eigenvalue weighted by Gasteiger charge is -2.09. The molecule has 8 heteroatoms. The molecule has 0 saturated heterocycles. The maximum Gasteiger partial charge on any atom is 0.271 e. The molecule has 0 radical (unpaired) electrons. The number of benzene rings is 2. The van der Waals surface area contributed by atoms with Crippen molar-refractivity contribution in [1.29, 1.82) is 0 Å². The van der Waals surface area contributed by atoms with Gasteiger partial charge in [-0.1, -0.05) is 47.5 Å². The van der Waals surface area contributed by atoms with Crippen LogP contribution < -0.4 is 16.8 Å². The number of nitrogens with two attached hydrogens (primary N) is 2. The Bertz CT molecular complexity index is 989. The van der Waals surface area contributed by atoms with Gasteiger partial charge in [0.05, 0.1) is 11.9 Å². The third-order valence-corrected chi connectivity index (χ3v) is 4.48. The maximum absolute atomic E-state index is 11.4. The minimum Gasteiger partial charge on any atom is -0.382 e. The van der Waals surface area contributed by atoms with Crippen molar-refractivity contribution in [2.24, 2.45) is 5.73 Å². The number of rotatable bonds is 7. The minimum atomic E-state index is -0.689. The summed E-state index contributed by atoms with van der Waals surface area (Å²) in [4.78, 5) is 19.6. The summed E-state index contributed by atoms with van der Waals surface area (Å²) in [5.41, 5.74) is 14.7. The quantitative estimate of drug-likeness (QED) is 0.548. The van der Waals surface area contributed by atoms with Gasteiger partial charge in [0.1, 0.15) is 0 Å². The third kappa shape index (κ3) is 5.42. The van der Waals surface area contributed by atoms with Crippen LogP contribution in [0.3, 0.4) is 0 Å². The number of nitrogen functional groups attached to an aromatic ring is 1. The van der Waals surface area contributed by atoms with E-state index in [2.05, 4.69) is 21.4 Å². The molecule has 2 aromatic carbocycles. The van der Waals surface area contributed by atoms with Gasteiger partial charge < -0.3 is 16.8 Å². The molecule has 1 aromatic heterocycles. The number of primary amides is 1. The van der Waals surface area contributed by atoms with E-state index in [9.17, 15) is 4.79 Å². The van der Waals surface area contributed by atoms with Crippen LogP contribution in [0.1, 0.15) is 32.9 Å². The molecule has 144 valence electrons. The fourth-order valence-electron chi connectivity index (χ4n) is 2.82. The highest BCUT2D eigenvalue weighted by atomic mass is 35.5. The lowest BCUT2D eigenvalue weighted by Crippen LogP contribution is -2.17. The van der Waals surface area contributed by atoms with Crippen LogP contribution in [0.4, 0.5) is 5.82 Å². The smallest absolute Gasteiger partial charge is 0.271 e. The average Bonchev–Trinajstić information content (AvgIpc) is 2.63. The molecular formula is C20H19Cl2N5O. The molecule has 1 amide bonds. The Labute approximate surface area is 172 Å². The molecule has 0 aliphatic heterocycles. The second-order valence-electron chi connectivity index (χ2n) is 6.34. The highest BCUT2D eigenvalue weighted by molar-refractivity contribution is 6.34. The highest BCUT2D eigenvalue weighted by Crippen LogP contribution is 2.19. The molecule has 0 saturated carbocycles. The summed E-state index contributed by atoms with van der Waals surface area (Å²) in [6.07, 6.45) is 2.07. The second-order valence-corrected chi connectivity index (χ2v) is 7.21. The Morgan fingerprint density at radius 3 is 2.39 bits per heavy atom. The molecule has 5 N–H and O–H groups in total. The van der Waals surface area contributed by atoms with Gasteiger partial charge in [0.25, 0.3) is 5.91 Å². The van der Waals surface area contributed by atoms with Gasteiger partial charge in [0.2, 0.25) is 0 Å². The molecule has 1 heterocycles. The van der Waals surface area contributed by atoms with Gasteiger partial charge in [-0.2, -0.15) is 0 Å². The normalized spacial score (nSPS) is 10.8. The second kappa shape index (κ2) is 9.01. The monoisotopic (exact) mass is 415 g/mol. The summed E-state index contributed by atoms with van der Waals surface area (Å²) in [5, 5.41) is 4.61. The largest absolute Gasteiger partial charge is 0.382 e. The Balaban J connectivity index is 1.64. The van der Waals surface area contributed by atoms with Crippen molar-refractivity contribution in [2.45, 2.75) is 19.5 Å². The van der Waals surface area contributed by atoms with E-state index in [0.717, 1.165) is 16.7 Å². The molecule has 0 bridgehead atoms. The zero-order valence-corrected chi connectivity index (χ0v) is 16.5. The summed E-state index contributed by atoms with van der Waals surface area (Å²) in [7, 11) is 0. The van der Waals surface area contributed by atoms with E-state index in [-0.39, 0.29) is 11.5 Å². The van der Waals surface area contributed by atoms with Crippen molar-refractivity contribution in [3.05, 3.63) is 86.8 Å². The molecule has 0 aliphatic carbocycles. The van der Waals surface area contributed by atoms with Crippen LogP contribution in [0, 0.1) is 0 Å². The van der Waals surface area contributed by atoms with Gasteiger partial charge in [-0.25, -0.2) is 9.97 Å². The summed E-state index contributed by atoms with van der Waals surface area (Å²) >= 11 is 12.0. The first-order valence-corrected chi connectivity index (χ1v) is 9.31. The highest BCUT2D eigenvalue weighted by Gasteiger charge is 2.10. The number of hydrogen-bond acceptors (Lipinski definition) is 5. The average molecular weight is 416 g/mol. The van der Waals surface area contributed by atoms with Crippen molar-refractivity contribution < 1.29 is 4.79 Å². The topological polar surface area (TPSA) is 107 Å². The van der Waals surface area contributed by atoms with Crippen LogP contribution in [-0.2, 0) is 19.5 Å². The Kier molecular flexibility index (Phi) is 6.46. The predicted octanol–water partition coefficient (Wildman–Crippen LogP) is 3.35. The van der Waals surface area contributed by atoms with Crippen LogP contribution in [-0.4, -0.2) is 15.9 Å². The van der Waals surface area contributed by atoms with Crippen molar-refractivity contribution in [1.82, 2.24) is 15.3 Å². The SMILES string of the molecule is NC(=O)c1nc(Cc2cccc(CNCc3cc(Cl)cc(Cl)c3)c2)cnc1N. The number of amides is 1. The summed E-state index contributed by atoms with van der Waals surface area (Å²) in [6.45, 7) is 1.33. The molecule has 3 rings (SSSR count). The molecule has 0 unspecified atom stereocenters. The van der Waals surface area contributed by atoms with E-state index < -0.39 is 5.91 Å². The zero-order valence-electron chi connectivity index (χ0n) is 15.0. The number of nitrogens with zero attached hydrogens (tertiary/aromatic N) is 2. The van der Waals surface area contributed by atoms with Crippen molar-refractivity contribution in [3.8, 4) is 0 Å². The van der Waals surface area contributed by atoms with Crippen LogP contribution in [0.2, 0.25) is 10.0 Å². The molecule has 0 spiro atoms. The molecule has 0 fully saturated rings.